The standard InChI is InChI=1S/C23H41NO6S2.C21H37NO6S2.C19H33NO6S2/c1-18(25)13-11-9-7-5-6-8-10-12-14-20(26)15-19(22(27)29-3)16-31-32-17-21(24-2)23(28)30-4;1-16(23)11-9-7-5-3-4-6-8-10-12-18(24)13-17(20(25)26)14-29-30-15-19(22-2)21(27)28;1-14(21)9-7-5-3-4-6-8-10-16(22)11-15(18(23)24)12-27-28-13-17(20-2)19(25)26/h19,21,24H,5-17H2,1-4H3;17,19,22H,3-15H2,1-2H3,(H,25,26)(H,27,28);15,17,20H,3-13H2,1-2H3,(H,23,24)(H,25,26). The van der Waals surface area contributed by atoms with E-state index in [-0.39, 0.29) is 77.4 Å². The lowest BCUT2D eigenvalue weighted by atomic mass is 10.00. The Hall–Kier alpha value is -3.18. The molecule has 21 nitrogen and oxygen atoms in total. The molecule has 0 fully saturated rings. The lowest BCUT2D eigenvalue weighted by Crippen LogP contribution is -2.37. The topological polar surface area (TPSA) is 340 Å². The van der Waals surface area contributed by atoms with Crippen molar-refractivity contribution >= 4 is 135 Å². The quantitative estimate of drug-likeness (QED) is 0.0169. The van der Waals surface area contributed by atoms with Crippen molar-refractivity contribution in [2.75, 3.05) is 69.9 Å². The number of carbonyl (C=O) groups excluding carboxylic acids is 8. The summed E-state index contributed by atoms with van der Waals surface area (Å²) in [5.74, 6) is -3.53. The van der Waals surface area contributed by atoms with E-state index in [1.165, 1.54) is 85.4 Å². The number of carboxylic acids is 4. The van der Waals surface area contributed by atoms with E-state index in [0.29, 0.717) is 61.5 Å². The number of carbonyl (C=O) groups is 12. The maximum absolute atomic E-state index is 12.3. The Morgan fingerprint density at radius 2 is 0.522 bits per heavy atom. The van der Waals surface area contributed by atoms with Gasteiger partial charge in [-0.2, -0.15) is 0 Å². The lowest BCUT2D eigenvalue weighted by Gasteiger charge is -2.15. The second-order valence-corrected chi connectivity index (χ2v) is 30.0. The molecule has 0 aliphatic carbocycles. The lowest BCUT2D eigenvalue weighted by molar-refractivity contribution is -0.146. The molecule has 0 aromatic rings. The molecule has 0 aliphatic rings. The van der Waals surface area contributed by atoms with Gasteiger partial charge in [0.15, 0.2) is 0 Å². The van der Waals surface area contributed by atoms with Gasteiger partial charge in [0.05, 0.1) is 32.0 Å². The van der Waals surface area contributed by atoms with E-state index in [1.54, 1.807) is 41.9 Å². The predicted octanol–water partition coefficient (Wildman–Crippen LogP) is 12.0. The molecule has 90 heavy (non-hydrogen) atoms. The van der Waals surface area contributed by atoms with E-state index in [2.05, 4.69) is 16.0 Å². The fourth-order valence-corrected chi connectivity index (χ4v) is 16.2. The zero-order valence-corrected chi connectivity index (χ0v) is 60.0. The summed E-state index contributed by atoms with van der Waals surface area (Å²) in [5, 5.41) is 44.8. The molecule has 7 N–H and O–H groups in total. The van der Waals surface area contributed by atoms with Crippen LogP contribution < -0.4 is 16.0 Å². The van der Waals surface area contributed by atoms with Crippen LogP contribution in [0.15, 0.2) is 0 Å². The van der Waals surface area contributed by atoms with Crippen molar-refractivity contribution in [3.05, 3.63) is 0 Å². The van der Waals surface area contributed by atoms with Crippen molar-refractivity contribution in [2.24, 2.45) is 17.8 Å². The maximum Gasteiger partial charge on any atom is 0.323 e. The van der Waals surface area contributed by atoms with Crippen LogP contribution in [0, 0.1) is 17.8 Å². The van der Waals surface area contributed by atoms with E-state index < -0.39 is 59.8 Å². The number of hydrogen-bond donors (Lipinski definition) is 7. The number of hydrogen-bond acceptors (Lipinski definition) is 23. The van der Waals surface area contributed by atoms with Gasteiger partial charge >= 0.3 is 35.8 Å². The van der Waals surface area contributed by atoms with Gasteiger partial charge in [0, 0.05) is 92.3 Å². The molecule has 0 rings (SSSR count). The molecule has 6 atom stereocenters. The van der Waals surface area contributed by atoms with Crippen LogP contribution in [0.4, 0.5) is 0 Å². The number of aliphatic carboxylic acids is 4. The van der Waals surface area contributed by atoms with Crippen LogP contribution in [0.3, 0.4) is 0 Å². The molecule has 27 heteroatoms. The summed E-state index contributed by atoms with van der Waals surface area (Å²) in [4.78, 5) is 137. The highest BCUT2D eigenvalue weighted by atomic mass is 33.1. The minimum atomic E-state index is -0.990. The Labute approximate surface area is 560 Å². The van der Waals surface area contributed by atoms with Gasteiger partial charge in [-0.05, 0) is 80.4 Å². The largest absolute Gasteiger partial charge is 0.481 e. The summed E-state index contributed by atoms with van der Waals surface area (Å²) in [6.07, 6.45) is 26.2. The number of rotatable bonds is 61. The molecule has 0 saturated heterocycles. The number of likely N-dealkylation sites (N-methyl/N-ethyl adjacent to an activating group) is 3. The third-order valence-electron chi connectivity index (χ3n) is 14.2. The van der Waals surface area contributed by atoms with Crippen molar-refractivity contribution in [2.45, 2.75) is 238 Å². The van der Waals surface area contributed by atoms with Crippen molar-refractivity contribution in [1.29, 1.82) is 0 Å². The SMILES string of the molecule is CNC(CSSCC(CC(=O)CCCCCCCCC(C)=O)C(=O)O)C(=O)O.CNC(CSSCC(CC(=O)CCCCCCCCCCC(C)=O)C(=O)O)C(=O)O.CNC(CSSCC(CC(=O)CCCCCCCCCCC(C)=O)C(=O)OC)C(=O)OC. The average molecular weight is 1390 g/mol. The second-order valence-electron chi connectivity index (χ2n) is 22.3. The third kappa shape index (κ3) is 58.6. The average Bonchev–Trinajstić information content (AvgIpc) is 3.61. The van der Waals surface area contributed by atoms with E-state index in [4.69, 9.17) is 19.7 Å². The molecule has 0 aromatic heterocycles. The Kier molecular flexibility index (Phi) is 63.9. The van der Waals surface area contributed by atoms with Crippen molar-refractivity contribution in [3.63, 3.8) is 0 Å². The fourth-order valence-electron chi connectivity index (χ4n) is 8.57. The van der Waals surface area contributed by atoms with Crippen molar-refractivity contribution in [1.82, 2.24) is 16.0 Å². The molecule has 6 unspecified atom stereocenters. The molecule has 0 amide bonds. The molecule has 0 aromatic carbocycles. The molecule has 0 spiro atoms. The van der Waals surface area contributed by atoms with E-state index in [0.717, 1.165) is 135 Å². The molecule has 0 aliphatic heterocycles. The maximum atomic E-state index is 12.3. The van der Waals surface area contributed by atoms with Gasteiger partial charge in [-0.1, -0.05) is 167 Å². The number of nitrogens with one attached hydrogen (secondary N) is 3. The van der Waals surface area contributed by atoms with Gasteiger partial charge in [0.25, 0.3) is 0 Å². The normalized spacial score (nSPS) is 12.9. The number of unbranched alkanes of at least 4 members (excludes halogenated alkanes) is 19. The van der Waals surface area contributed by atoms with Gasteiger partial charge < -0.3 is 60.2 Å². The highest BCUT2D eigenvalue weighted by Gasteiger charge is 2.26. The van der Waals surface area contributed by atoms with Crippen LogP contribution in [-0.4, -0.2) is 179 Å². The van der Waals surface area contributed by atoms with Gasteiger partial charge in [-0.3, -0.25) is 43.2 Å². The first-order chi connectivity index (χ1) is 42.9. The monoisotopic (exact) mass is 1390 g/mol. The third-order valence-corrected chi connectivity index (χ3v) is 21.7. The number of methoxy groups -OCH3 is 2. The van der Waals surface area contributed by atoms with Crippen LogP contribution in [0.2, 0.25) is 0 Å². The highest BCUT2D eigenvalue weighted by Crippen LogP contribution is 2.30. The summed E-state index contributed by atoms with van der Waals surface area (Å²) in [5.41, 5.74) is 0. The molecule has 522 valence electrons. The minimum Gasteiger partial charge on any atom is -0.481 e. The number of ether oxygens (including phenoxy) is 2. The smallest absolute Gasteiger partial charge is 0.323 e. The van der Waals surface area contributed by atoms with Gasteiger partial charge in [-0.15, -0.1) is 0 Å². The van der Waals surface area contributed by atoms with Crippen LogP contribution in [0.25, 0.3) is 0 Å². The van der Waals surface area contributed by atoms with Gasteiger partial charge in [-0.25, -0.2) is 0 Å². The van der Waals surface area contributed by atoms with E-state index in [9.17, 15) is 67.7 Å². The van der Waals surface area contributed by atoms with Crippen LogP contribution >= 0.6 is 64.8 Å². The summed E-state index contributed by atoms with van der Waals surface area (Å²) in [7, 11) is 15.6. The van der Waals surface area contributed by atoms with Crippen molar-refractivity contribution in [3.8, 4) is 0 Å². The molecular formula is C63H111N3O18S6. The minimum absolute atomic E-state index is 0.0177. The predicted molar refractivity (Wildman–Crippen MR) is 369 cm³/mol. The van der Waals surface area contributed by atoms with Crippen molar-refractivity contribution < 1.29 is 87.4 Å². The Balaban J connectivity index is -0.00000126. The molecular weight excluding hydrogens is 1280 g/mol. The highest BCUT2D eigenvalue weighted by molar-refractivity contribution is 8.77. The number of Topliss-reactive ketones (excluding diaryl/α,β-unsaturated/α-hetero) is 6. The fraction of sp³-hybridized carbons (Fsp3) is 0.810. The summed E-state index contributed by atoms with van der Waals surface area (Å²) in [6.45, 7) is 4.86. The molecule has 0 bridgehead atoms. The Morgan fingerprint density at radius 3 is 0.756 bits per heavy atom. The van der Waals surface area contributed by atoms with Gasteiger partial charge in [0.2, 0.25) is 0 Å². The zero-order chi connectivity index (χ0) is 68.3. The summed E-state index contributed by atoms with van der Waals surface area (Å²) in [6, 6.07) is -1.76. The van der Waals surface area contributed by atoms with Crippen LogP contribution in [0.5, 0.6) is 0 Å². The number of esters is 2. The number of ketones is 6. The summed E-state index contributed by atoms with van der Waals surface area (Å²) < 4.78 is 9.59. The summed E-state index contributed by atoms with van der Waals surface area (Å²) >= 11 is 0. The first-order valence-corrected chi connectivity index (χ1v) is 39.2. The first-order valence-electron chi connectivity index (χ1n) is 31.8. The van der Waals surface area contributed by atoms with Crippen LogP contribution in [0.1, 0.15) is 220 Å². The molecule has 0 saturated carbocycles. The van der Waals surface area contributed by atoms with E-state index >= 15 is 0 Å². The zero-order valence-electron chi connectivity index (χ0n) is 55.1. The molecule has 0 heterocycles. The number of carboxylic acid groups (broad SMARTS) is 4. The Bertz CT molecular complexity index is 2030. The first kappa shape index (κ1) is 91.0. The van der Waals surface area contributed by atoms with E-state index in [1.807, 2.05) is 0 Å². The van der Waals surface area contributed by atoms with Crippen LogP contribution in [-0.2, 0) is 67.0 Å². The second kappa shape index (κ2) is 63.2. The molecule has 0 radical (unpaired) electrons. The van der Waals surface area contributed by atoms with Gasteiger partial charge in [0.1, 0.15) is 52.8 Å². The Morgan fingerprint density at radius 1 is 0.300 bits per heavy atom.